The minimum atomic E-state index is -2.20. The molecule has 3 nitrogen and oxygen atoms in total. The van der Waals surface area contributed by atoms with Gasteiger partial charge in [0.1, 0.15) is 0 Å². The highest BCUT2D eigenvalue weighted by Gasteiger charge is 2.01. The minimum Gasteiger partial charge on any atom is -0.768 e. The van der Waals surface area contributed by atoms with E-state index < -0.39 is 11.1 Å². The largest absolute Gasteiger partial charge is 0.768 e. The molecule has 66 valence electrons. The van der Waals surface area contributed by atoms with Gasteiger partial charge in [0, 0.05) is 15.9 Å². The number of halogens is 1. The molecule has 0 fully saturated rings. The Morgan fingerprint density at radius 3 is 2.75 bits per heavy atom. The summed E-state index contributed by atoms with van der Waals surface area (Å²) in [6.07, 6.45) is 0. The van der Waals surface area contributed by atoms with Gasteiger partial charge < -0.3 is 10.3 Å². The molecule has 0 aliphatic rings. The molecule has 0 saturated carbocycles. The second-order valence-electron chi connectivity index (χ2n) is 2.19. The molecule has 1 rings (SSSR count). The topological polar surface area (TPSA) is 66.2 Å². The monoisotopic (exact) mass is 248 g/mol. The third-order valence-electron chi connectivity index (χ3n) is 1.42. The van der Waals surface area contributed by atoms with Crippen LogP contribution in [0, 0.1) is 0 Å². The van der Waals surface area contributed by atoms with Gasteiger partial charge >= 0.3 is 0 Å². The quantitative estimate of drug-likeness (QED) is 0.799. The van der Waals surface area contributed by atoms with Crippen LogP contribution in [0.3, 0.4) is 0 Å². The number of rotatable bonds is 2. The fourth-order valence-electron chi connectivity index (χ4n) is 0.870. The Labute approximate surface area is 81.4 Å². The van der Waals surface area contributed by atoms with E-state index in [2.05, 4.69) is 15.9 Å². The van der Waals surface area contributed by atoms with Crippen LogP contribution in [0.15, 0.2) is 27.6 Å². The predicted octanol–water partition coefficient (Wildman–Crippen LogP) is 1.15. The second-order valence-corrected chi connectivity index (χ2v) is 4.02. The van der Waals surface area contributed by atoms with Crippen LogP contribution in [0.25, 0.3) is 0 Å². The summed E-state index contributed by atoms with van der Waals surface area (Å²) >= 11 is 1.03. The van der Waals surface area contributed by atoms with Crippen molar-refractivity contribution in [3.05, 3.63) is 28.2 Å². The normalized spacial score (nSPS) is 12.9. The highest BCUT2D eigenvalue weighted by molar-refractivity contribution is 9.10. The van der Waals surface area contributed by atoms with Crippen LogP contribution in [0.4, 0.5) is 0 Å². The van der Waals surface area contributed by atoms with E-state index in [1.54, 1.807) is 12.1 Å². The lowest BCUT2D eigenvalue weighted by molar-refractivity contribution is 0.536. The Bertz CT molecular complexity index is 316. The van der Waals surface area contributed by atoms with Gasteiger partial charge in [-0.1, -0.05) is 15.9 Å². The SMILES string of the molecule is NCc1cc(Br)ccc1S(=O)[O-]. The Hall–Kier alpha value is -0.230. The summed E-state index contributed by atoms with van der Waals surface area (Å²) < 4.78 is 22.1. The minimum absolute atomic E-state index is 0.225. The molecular formula is C7H7BrNO2S-. The molecule has 12 heavy (non-hydrogen) atoms. The van der Waals surface area contributed by atoms with Crippen LogP contribution in [-0.4, -0.2) is 8.76 Å². The van der Waals surface area contributed by atoms with E-state index >= 15 is 0 Å². The molecule has 1 aromatic carbocycles. The van der Waals surface area contributed by atoms with E-state index in [0.29, 0.717) is 5.56 Å². The van der Waals surface area contributed by atoms with Crippen LogP contribution >= 0.6 is 15.9 Å². The lowest BCUT2D eigenvalue weighted by Gasteiger charge is -2.10. The van der Waals surface area contributed by atoms with Crippen molar-refractivity contribution in [1.82, 2.24) is 0 Å². The fourth-order valence-corrected chi connectivity index (χ4v) is 1.81. The zero-order valence-electron chi connectivity index (χ0n) is 6.12. The van der Waals surface area contributed by atoms with Gasteiger partial charge in [-0.3, -0.25) is 4.21 Å². The smallest absolute Gasteiger partial charge is 0.0294 e. The van der Waals surface area contributed by atoms with E-state index in [9.17, 15) is 8.76 Å². The summed E-state index contributed by atoms with van der Waals surface area (Å²) in [5, 5.41) is 0. The molecular weight excluding hydrogens is 242 g/mol. The van der Waals surface area contributed by atoms with E-state index in [4.69, 9.17) is 5.73 Å². The van der Waals surface area contributed by atoms with Gasteiger partial charge in [0.2, 0.25) is 0 Å². The number of benzene rings is 1. The lowest BCUT2D eigenvalue weighted by atomic mass is 10.2. The first-order chi connectivity index (χ1) is 5.65. The number of hydrogen-bond donors (Lipinski definition) is 1. The van der Waals surface area contributed by atoms with Crippen LogP contribution < -0.4 is 5.73 Å². The average molecular weight is 249 g/mol. The van der Waals surface area contributed by atoms with Crippen molar-refractivity contribution in [2.75, 3.05) is 0 Å². The Morgan fingerprint density at radius 1 is 1.58 bits per heavy atom. The van der Waals surface area contributed by atoms with Gasteiger partial charge in [-0.2, -0.15) is 0 Å². The molecule has 0 aliphatic carbocycles. The van der Waals surface area contributed by atoms with Crippen molar-refractivity contribution in [2.24, 2.45) is 5.73 Å². The van der Waals surface area contributed by atoms with Crippen LogP contribution in [-0.2, 0) is 17.6 Å². The first kappa shape index (κ1) is 9.85. The second kappa shape index (κ2) is 4.13. The van der Waals surface area contributed by atoms with E-state index in [1.165, 1.54) is 6.07 Å². The standard InChI is InChI=1S/C7H8BrNO2S/c8-6-1-2-7(12(10)11)5(3-6)4-9/h1-3H,4,9H2,(H,10,11)/p-1. The van der Waals surface area contributed by atoms with Crippen LogP contribution in [0.2, 0.25) is 0 Å². The van der Waals surface area contributed by atoms with E-state index in [0.717, 1.165) is 4.47 Å². The summed E-state index contributed by atoms with van der Waals surface area (Å²) in [7, 11) is 0. The average Bonchev–Trinajstić information content (AvgIpc) is 2.03. The van der Waals surface area contributed by atoms with Crippen LogP contribution in [0.5, 0.6) is 0 Å². The molecule has 1 unspecified atom stereocenters. The summed E-state index contributed by atoms with van der Waals surface area (Å²) in [5.74, 6) is 0. The van der Waals surface area contributed by atoms with Crippen LogP contribution in [0.1, 0.15) is 5.56 Å². The molecule has 0 spiro atoms. The first-order valence-corrected chi connectivity index (χ1v) is 5.09. The summed E-state index contributed by atoms with van der Waals surface area (Å²) in [6.45, 7) is 0.225. The van der Waals surface area contributed by atoms with Crippen molar-refractivity contribution < 1.29 is 8.76 Å². The third kappa shape index (κ3) is 2.13. The summed E-state index contributed by atoms with van der Waals surface area (Å²) in [4.78, 5) is 0.265. The molecule has 0 radical (unpaired) electrons. The molecule has 0 amide bonds. The van der Waals surface area contributed by atoms with Crippen molar-refractivity contribution in [3.8, 4) is 0 Å². The lowest BCUT2D eigenvalue weighted by Crippen LogP contribution is -2.02. The third-order valence-corrected chi connectivity index (χ3v) is 2.67. The molecule has 0 aliphatic heterocycles. The summed E-state index contributed by atoms with van der Waals surface area (Å²) in [6, 6.07) is 4.89. The van der Waals surface area contributed by atoms with Gasteiger partial charge in [-0.25, -0.2) is 0 Å². The Kier molecular flexibility index (Phi) is 3.39. The molecule has 1 atom stereocenters. The molecule has 1 aromatic rings. The van der Waals surface area contributed by atoms with Gasteiger partial charge in [-0.05, 0) is 34.8 Å². The van der Waals surface area contributed by atoms with Crippen molar-refractivity contribution in [2.45, 2.75) is 11.4 Å². The summed E-state index contributed by atoms with van der Waals surface area (Å²) in [5.41, 5.74) is 5.99. The molecule has 0 aromatic heterocycles. The van der Waals surface area contributed by atoms with E-state index in [-0.39, 0.29) is 11.4 Å². The van der Waals surface area contributed by atoms with Crippen molar-refractivity contribution in [1.29, 1.82) is 0 Å². The predicted molar refractivity (Wildman–Crippen MR) is 49.2 cm³/mol. The first-order valence-electron chi connectivity index (χ1n) is 3.23. The Balaban J connectivity index is 3.20. The van der Waals surface area contributed by atoms with E-state index in [1.807, 2.05) is 0 Å². The molecule has 0 heterocycles. The number of hydrogen-bond acceptors (Lipinski definition) is 3. The molecule has 0 bridgehead atoms. The maximum Gasteiger partial charge on any atom is 0.0294 e. The zero-order valence-corrected chi connectivity index (χ0v) is 8.52. The molecule has 0 saturated heterocycles. The number of nitrogens with two attached hydrogens (primary N) is 1. The molecule has 5 heteroatoms. The highest BCUT2D eigenvalue weighted by Crippen LogP contribution is 2.18. The van der Waals surface area contributed by atoms with Gasteiger partial charge in [0.15, 0.2) is 0 Å². The van der Waals surface area contributed by atoms with Gasteiger partial charge in [-0.15, -0.1) is 0 Å². The fraction of sp³-hybridized carbons (Fsp3) is 0.143. The van der Waals surface area contributed by atoms with Gasteiger partial charge in [0.05, 0.1) is 0 Å². The molecule has 2 N–H and O–H groups in total. The highest BCUT2D eigenvalue weighted by atomic mass is 79.9. The maximum absolute atomic E-state index is 10.6. The Morgan fingerprint density at radius 2 is 2.25 bits per heavy atom. The van der Waals surface area contributed by atoms with Crippen molar-refractivity contribution >= 4 is 27.0 Å². The van der Waals surface area contributed by atoms with Gasteiger partial charge in [0.25, 0.3) is 0 Å². The maximum atomic E-state index is 10.6. The zero-order chi connectivity index (χ0) is 9.14. The van der Waals surface area contributed by atoms with Crippen molar-refractivity contribution in [3.63, 3.8) is 0 Å².